The number of carbonyl (C=O) groups excluding carboxylic acids is 1. The van der Waals surface area contributed by atoms with E-state index in [4.69, 9.17) is 4.74 Å². The Morgan fingerprint density at radius 3 is 2.50 bits per heavy atom. The lowest BCUT2D eigenvalue weighted by atomic mass is 10.0. The predicted molar refractivity (Wildman–Crippen MR) is 77.0 cm³/mol. The van der Waals surface area contributed by atoms with Crippen LogP contribution in [0.2, 0.25) is 0 Å². The molecule has 0 bridgehead atoms. The van der Waals surface area contributed by atoms with Gasteiger partial charge in [0, 0.05) is 4.83 Å². The van der Waals surface area contributed by atoms with Crippen molar-refractivity contribution in [3.63, 3.8) is 0 Å². The molecule has 106 valence electrons. The minimum absolute atomic E-state index is 0.0250. The second-order valence-corrected chi connectivity index (χ2v) is 6.38. The molecule has 0 aliphatic rings. The van der Waals surface area contributed by atoms with E-state index in [1.165, 1.54) is 6.08 Å². The highest BCUT2D eigenvalue weighted by molar-refractivity contribution is 9.09. The van der Waals surface area contributed by atoms with Gasteiger partial charge >= 0.3 is 6.09 Å². The topological polar surface area (TPSA) is 58.6 Å². The molecule has 0 aromatic rings. The number of hydrogen-bond donors (Lipinski definition) is 2. The normalized spacial score (nSPS) is 16.6. The Hall–Kier alpha value is -0.550. The number of aliphatic hydroxyl groups is 1. The molecule has 1 amide bonds. The van der Waals surface area contributed by atoms with Gasteiger partial charge in [-0.05, 0) is 27.2 Å². The first-order valence-electron chi connectivity index (χ1n) is 6.15. The van der Waals surface area contributed by atoms with Crippen molar-refractivity contribution in [2.75, 3.05) is 0 Å². The largest absolute Gasteiger partial charge is 0.444 e. The standard InChI is InChI=1S/C13H24BrNO3/c1-6-8-9(14)11(10(16)7-2)15-12(17)18-13(3,4)5/h7,9-11,16H,2,6,8H2,1,3-5H3,(H,15,17)/t9-,10-,11-/m0/s1. The first kappa shape index (κ1) is 17.4. The Bertz CT molecular complexity index is 276. The van der Waals surface area contributed by atoms with Gasteiger partial charge in [0.25, 0.3) is 0 Å². The van der Waals surface area contributed by atoms with Crippen LogP contribution in [-0.4, -0.2) is 33.8 Å². The number of carbonyl (C=O) groups is 1. The molecule has 0 aliphatic carbocycles. The zero-order valence-corrected chi connectivity index (χ0v) is 13.2. The van der Waals surface area contributed by atoms with Gasteiger partial charge in [-0.1, -0.05) is 35.4 Å². The van der Waals surface area contributed by atoms with Crippen LogP contribution >= 0.6 is 15.9 Å². The number of ether oxygens (including phenoxy) is 1. The summed E-state index contributed by atoms with van der Waals surface area (Å²) in [6, 6.07) is -0.447. The highest BCUT2D eigenvalue weighted by Gasteiger charge is 2.28. The smallest absolute Gasteiger partial charge is 0.408 e. The van der Waals surface area contributed by atoms with Crippen molar-refractivity contribution in [2.24, 2.45) is 0 Å². The van der Waals surface area contributed by atoms with Crippen LogP contribution in [0.3, 0.4) is 0 Å². The molecule has 0 aromatic heterocycles. The van der Waals surface area contributed by atoms with Crippen molar-refractivity contribution in [1.29, 1.82) is 0 Å². The van der Waals surface area contributed by atoms with Crippen molar-refractivity contribution in [3.05, 3.63) is 12.7 Å². The fraction of sp³-hybridized carbons (Fsp3) is 0.769. The summed E-state index contributed by atoms with van der Waals surface area (Å²) in [5, 5.41) is 12.5. The Morgan fingerprint density at radius 1 is 1.56 bits per heavy atom. The van der Waals surface area contributed by atoms with Crippen LogP contribution in [0.5, 0.6) is 0 Å². The van der Waals surface area contributed by atoms with Crippen LogP contribution in [0.25, 0.3) is 0 Å². The van der Waals surface area contributed by atoms with Crippen molar-refractivity contribution in [1.82, 2.24) is 5.32 Å². The third kappa shape index (κ3) is 7.01. The van der Waals surface area contributed by atoms with E-state index in [-0.39, 0.29) is 4.83 Å². The molecule has 0 aromatic carbocycles. The summed E-state index contributed by atoms with van der Waals surface area (Å²) in [4.78, 5) is 11.7. The van der Waals surface area contributed by atoms with Crippen LogP contribution in [0.4, 0.5) is 4.79 Å². The fourth-order valence-electron chi connectivity index (χ4n) is 1.44. The van der Waals surface area contributed by atoms with Gasteiger partial charge in [0.1, 0.15) is 5.60 Å². The zero-order chi connectivity index (χ0) is 14.3. The Balaban J connectivity index is 4.59. The number of rotatable bonds is 6. The van der Waals surface area contributed by atoms with Crippen LogP contribution in [0.15, 0.2) is 12.7 Å². The van der Waals surface area contributed by atoms with E-state index in [1.807, 2.05) is 6.92 Å². The van der Waals surface area contributed by atoms with E-state index in [9.17, 15) is 9.90 Å². The van der Waals surface area contributed by atoms with E-state index in [0.29, 0.717) is 0 Å². The summed E-state index contributed by atoms with van der Waals surface area (Å²) >= 11 is 3.48. The maximum atomic E-state index is 11.7. The molecule has 0 saturated carbocycles. The first-order chi connectivity index (χ1) is 8.21. The Morgan fingerprint density at radius 2 is 2.11 bits per heavy atom. The van der Waals surface area contributed by atoms with Crippen LogP contribution in [0.1, 0.15) is 40.5 Å². The number of aliphatic hydroxyl groups excluding tert-OH is 1. The van der Waals surface area contributed by atoms with Crippen LogP contribution < -0.4 is 5.32 Å². The molecular weight excluding hydrogens is 298 g/mol. The summed E-state index contributed by atoms with van der Waals surface area (Å²) < 4.78 is 5.17. The summed E-state index contributed by atoms with van der Waals surface area (Å²) in [6.45, 7) is 11.0. The van der Waals surface area contributed by atoms with Gasteiger partial charge in [-0.25, -0.2) is 4.79 Å². The molecule has 0 spiro atoms. The lowest BCUT2D eigenvalue weighted by Crippen LogP contribution is -2.49. The molecule has 0 saturated heterocycles. The number of halogens is 1. The van der Waals surface area contributed by atoms with Gasteiger partial charge in [-0.15, -0.1) is 6.58 Å². The molecule has 0 rings (SSSR count). The van der Waals surface area contributed by atoms with Gasteiger partial charge in [0.15, 0.2) is 0 Å². The average Bonchev–Trinajstić information content (AvgIpc) is 2.22. The molecule has 18 heavy (non-hydrogen) atoms. The van der Waals surface area contributed by atoms with E-state index >= 15 is 0 Å². The van der Waals surface area contributed by atoms with Gasteiger partial charge < -0.3 is 15.2 Å². The second-order valence-electron chi connectivity index (χ2n) is 5.20. The number of alkyl carbamates (subject to hydrolysis) is 1. The fourth-order valence-corrected chi connectivity index (χ4v) is 2.34. The lowest BCUT2D eigenvalue weighted by Gasteiger charge is -2.28. The van der Waals surface area contributed by atoms with E-state index in [2.05, 4.69) is 27.8 Å². The minimum Gasteiger partial charge on any atom is -0.444 e. The number of amides is 1. The number of hydrogen-bond acceptors (Lipinski definition) is 3. The minimum atomic E-state index is -0.812. The molecule has 3 atom stereocenters. The van der Waals surface area contributed by atoms with E-state index in [0.717, 1.165) is 12.8 Å². The third-order valence-corrected chi connectivity index (χ3v) is 3.27. The van der Waals surface area contributed by atoms with E-state index < -0.39 is 23.8 Å². The van der Waals surface area contributed by atoms with Crippen molar-refractivity contribution in [2.45, 2.75) is 63.1 Å². The molecule has 0 unspecified atom stereocenters. The highest BCUT2D eigenvalue weighted by atomic mass is 79.9. The molecular formula is C13H24BrNO3. The van der Waals surface area contributed by atoms with Gasteiger partial charge in [0.05, 0.1) is 12.1 Å². The molecule has 2 N–H and O–H groups in total. The summed E-state index contributed by atoms with van der Waals surface area (Å²) in [7, 11) is 0. The third-order valence-electron chi connectivity index (χ3n) is 2.25. The molecule has 5 heteroatoms. The Kier molecular flexibility index (Phi) is 7.55. The highest BCUT2D eigenvalue weighted by Crippen LogP contribution is 2.17. The second kappa shape index (κ2) is 7.79. The van der Waals surface area contributed by atoms with Crippen molar-refractivity contribution in [3.8, 4) is 0 Å². The number of nitrogens with one attached hydrogen (secondary N) is 1. The maximum absolute atomic E-state index is 11.7. The van der Waals surface area contributed by atoms with Crippen molar-refractivity contribution >= 4 is 22.0 Å². The first-order valence-corrected chi connectivity index (χ1v) is 7.07. The van der Waals surface area contributed by atoms with E-state index in [1.54, 1.807) is 20.8 Å². The zero-order valence-electron chi connectivity index (χ0n) is 11.6. The van der Waals surface area contributed by atoms with Crippen LogP contribution in [0, 0.1) is 0 Å². The summed E-state index contributed by atoms with van der Waals surface area (Å²) in [5.74, 6) is 0. The molecule has 0 fully saturated rings. The molecule has 4 nitrogen and oxygen atoms in total. The Labute approximate surface area is 118 Å². The average molecular weight is 322 g/mol. The van der Waals surface area contributed by atoms with Gasteiger partial charge in [0.2, 0.25) is 0 Å². The maximum Gasteiger partial charge on any atom is 0.408 e. The van der Waals surface area contributed by atoms with Crippen molar-refractivity contribution < 1.29 is 14.6 Å². The predicted octanol–water partition coefficient (Wildman–Crippen LogP) is 2.99. The lowest BCUT2D eigenvalue weighted by molar-refractivity contribution is 0.0453. The molecule has 0 aliphatic heterocycles. The quantitative estimate of drug-likeness (QED) is 0.584. The SMILES string of the molecule is C=C[C@H](O)[C@@H](NC(=O)OC(C)(C)C)[C@@H](Br)CCC. The number of alkyl halides is 1. The summed E-state index contributed by atoms with van der Waals surface area (Å²) in [5.41, 5.74) is -0.555. The van der Waals surface area contributed by atoms with Gasteiger partial charge in [-0.2, -0.15) is 0 Å². The molecule has 0 radical (unpaired) electrons. The molecule has 0 heterocycles. The van der Waals surface area contributed by atoms with Gasteiger partial charge in [-0.3, -0.25) is 0 Å². The van der Waals surface area contributed by atoms with Crippen LogP contribution in [-0.2, 0) is 4.74 Å². The summed E-state index contributed by atoms with van der Waals surface area (Å²) in [6.07, 6.45) is 1.85. The monoisotopic (exact) mass is 321 g/mol.